The maximum Gasteiger partial charge on any atom is 0.305 e. The Hall–Kier alpha value is -3.54. The molecule has 0 saturated carbocycles. The minimum Gasteiger partial charge on any atom is -0.508 e. The van der Waals surface area contributed by atoms with Crippen LogP contribution < -0.4 is 26.6 Å². The van der Waals surface area contributed by atoms with Gasteiger partial charge < -0.3 is 31.3 Å². The number of halogens is 1. The topological polar surface area (TPSA) is 172 Å². The van der Waals surface area contributed by atoms with Crippen LogP contribution in [-0.2, 0) is 9.59 Å². The number of benzene rings is 2. The molecule has 12 heteroatoms. The van der Waals surface area contributed by atoms with Gasteiger partial charge in [0.2, 0.25) is 5.91 Å². The van der Waals surface area contributed by atoms with Gasteiger partial charge in [-0.1, -0.05) is 11.6 Å². The molecule has 1 heterocycles. The second-order valence-corrected chi connectivity index (χ2v) is 8.25. The molecule has 34 heavy (non-hydrogen) atoms. The van der Waals surface area contributed by atoms with Gasteiger partial charge in [0.15, 0.2) is 0 Å². The molecule has 0 spiro atoms. The number of phenols is 2. The van der Waals surface area contributed by atoms with Gasteiger partial charge in [0.05, 0.1) is 19.0 Å². The van der Waals surface area contributed by atoms with Crippen LogP contribution in [0.3, 0.4) is 0 Å². The van der Waals surface area contributed by atoms with Crippen LogP contribution in [-0.4, -0.2) is 59.0 Å². The molecule has 0 aliphatic carbocycles. The Labute approximate surface area is 200 Å². The predicted octanol–water partition coefficient (Wildman–Crippen LogP) is 1.01. The molecule has 2 aromatic carbocycles. The van der Waals surface area contributed by atoms with Crippen molar-refractivity contribution >= 4 is 35.1 Å². The number of amides is 2. The first kappa shape index (κ1) is 25.1. The zero-order valence-corrected chi connectivity index (χ0v) is 19.1. The lowest BCUT2D eigenvalue weighted by Gasteiger charge is -2.20. The number of carboxylic acid groups (broad SMARTS) is 1. The van der Waals surface area contributed by atoms with Crippen LogP contribution in [0.1, 0.15) is 33.9 Å². The molecule has 1 fully saturated rings. The van der Waals surface area contributed by atoms with Crippen molar-refractivity contribution in [3.63, 3.8) is 0 Å². The summed E-state index contributed by atoms with van der Waals surface area (Å²) in [6, 6.07) is 6.06. The summed E-state index contributed by atoms with van der Waals surface area (Å²) >= 11 is 6.03. The molecule has 2 aromatic rings. The number of hydrogen-bond acceptors (Lipinski definition) is 8. The van der Waals surface area contributed by atoms with Crippen LogP contribution in [0.5, 0.6) is 11.5 Å². The molecule has 1 atom stereocenters. The number of hydrogen-bond donors (Lipinski definition) is 8. The van der Waals surface area contributed by atoms with Gasteiger partial charge in [-0.2, -0.15) is 0 Å². The van der Waals surface area contributed by atoms with Gasteiger partial charge in [0, 0.05) is 41.0 Å². The molecule has 1 aliphatic heterocycles. The third kappa shape index (κ3) is 6.73. The lowest BCUT2D eigenvalue weighted by Crippen LogP contribution is -2.39. The number of rotatable bonds is 9. The van der Waals surface area contributed by atoms with E-state index in [1.54, 1.807) is 6.92 Å². The van der Waals surface area contributed by atoms with E-state index in [9.17, 15) is 29.7 Å². The molecule has 11 nitrogen and oxygen atoms in total. The standard InChI is InChI=1S/C22H26ClN5O6/c1-11-4-13(23)7-16(20(11)33)17(9-19(31)32)28-18(30)10-26-21(34)12-5-14(8-15(29)6-12)27-22-24-2-3-25-22/h4-8,17,22,24-25,27,29,33H,2-3,9-10H2,1H3,(H,26,34)(H,28,30)(H,31,32)/t17-/m1/s1. The van der Waals surface area contributed by atoms with E-state index in [0.29, 0.717) is 11.3 Å². The van der Waals surface area contributed by atoms with Crippen LogP contribution >= 0.6 is 11.6 Å². The number of carbonyl (C=O) groups excluding carboxylic acids is 2. The van der Waals surface area contributed by atoms with E-state index in [4.69, 9.17) is 11.6 Å². The van der Waals surface area contributed by atoms with Crippen LogP contribution in [0.2, 0.25) is 5.02 Å². The summed E-state index contributed by atoms with van der Waals surface area (Å²) in [6.45, 7) is 2.68. The van der Waals surface area contributed by atoms with E-state index in [-0.39, 0.29) is 33.9 Å². The van der Waals surface area contributed by atoms with Crippen molar-refractivity contribution in [1.29, 1.82) is 0 Å². The molecule has 1 saturated heterocycles. The van der Waals surface area contributed by atoms with Gasteiger partial charge in [-0.25, -0.2) is 0 Å². The molecule has 0 aromatic heterocycles. The molecule has 0 unspecified atom stereocenters. The highest BCUT2D eigenvalue weighted by molar-refractivity contribution is 6.30. The Bertz CT molecular complexity index is 1090. The lowest BCUT2D eigenvalue weighted by molar-refractivity contribution is -0.137. The molecular formula is C22H26ClN5O6. The van der Waals surface area contributed by atoms with Crippen LogP contribution in [0.25, 0.3) is 0 Å². The Morgan fingerprint density at radius 2 is 1.82 bits per heavy atom. The number of phenolic OH excluding ortho intramolecular Hbond substituents is 2. The first-order valence-corrected chi connectivity index (χ1v) is 10.9. The number of nitrogens with one attached hydrogen (secondary N) is 5. The first-order chi connectivity index (χ1) is 16.1. The minimum absolute atomic E-state index is 0.124. The fraction of sp³-hybridized carbons (Fsp3) is 0.318. The SMILES string of the molecule is Cc1cc(Cl)cc([C@@H](CC(=O)O)NC(=O)CNC(=O)c2cc(O)cc(NC3NCCN3)c2)c1O. The molecule has 8 N–H and O–H groups in total. The average molecular weight is 492 g/mol. The summed E-state index contributed by atoms with van der Waals surface area (Å²) in [6.07, 6.45) is -0.709. The number of aryl methyl sites for hydroxylation is 1. The maximum absolute atomic E-state index is 12.6. The highest BCUT2D eigenvalue weighted by Gasteiger charge is 2.23. The Morgan fingerprint density at radius 1 is 1.12 bits per heavy atom. The summed E-state index contributed by atoms with van der Waals surface area (Å²) < 4.78 is 0. The van der Waals surface area contributed by atoms with E-state index in [0.717, 1.165) is 13.1 Å². The molecular weight excluding hydrogens is 466 g/mol. The first-order valence-electron chi connectivity index (χ1n) is 10.5. The van der Waals surface area contributed by atoms with Crippen molar-refractivity contribution in [2.45, 2.75) is 25.7 Å². The quantitative estimate of drug-likeness (QED) is 0.255. The van der Waals surface area contributed by atoms with Crippen molar-refractivity contribution in [2.75, 3.05) is 25.0 Å². The summed E-state index contributed by atoms with van der Waals surface area (Å²) in [7, 11) is 0. The fourth-order valence-electron chi connectivity index (χ4n) is 3.55. The zero-order valence-electron chi connectivity index (χ0n) is 18.3. The van der Waals surface area contributed by atoms with Crippen molar-refractivity contribution in [3.05, 3.63) is 52.0 Å². The molecule has 0 bridgehead atoms. The van der Waals surface area contributed by atoms with Gasteiger partial charge in [0.1, 0.15) is 17.8 Å². The lowest BCUT2D eigenvalue weighted by atomic mass is 10.00. The predicted molar refractivity (Wildman–Crippen MR) is 125 cm³/mol. The highest BCUT2D eigenvalue weighted by Crippen LogP contribution is 2.32. The number of anilines is 1. The Kier molecular flexibility index (Phi) is 8.16. The van der Waals surface area contributed by atoms with Gasteiger partial charge in [0.25, 0.3) is 5.91 Å². The van der Waals surface area contributed by atoms with Crippen molar-refractivity contribution in [1.82, 2.24) is 21.3 Å². The monoisotopic (exact) mass is 491 g/mol. The largest absolute Gasteiger partial charge is 0.508 e. The van der Waals surface area contributed by atoms with Crippen molar-refractivity contribution < 1.29 is 29.7 Å². The van der Waals surface area contributed by atoms with E-state index in [1.807, 2.05) is 0 Å². The number of aliphatic carboxylic acids is 1. The van der Waals surface area contributed by atoms with E-state index >= 15 is 0 Å². The Balaban J connectivity index is 1.65. The minimum atomic E-state index is -1.20. The third-order valence-corrected chi connectivity index (χ3v) is 5.32. The molecule has 3 rings (SSSR count). The molecule has 2 amide bonds. The normalized spacial score (nSPS) is 14.4. The summed E-state index contributed by atoms with van der Waals surface area (Å²) in [5, 5.41) is 44.1. The molecule has 182 valence electrons. The number of aromatic hydroxyl groups is 2. The highest BCUT2D eigenvalue weighted by atomic mass is 35.5. The van der Waals surface area contributed by atoms with E-state index in [1.165, 1.54) is 30.3 Å². The van der Waals surface area contributed by atoms with Gasteiger partial charge >= 0.3 is 5.97 Å². The number of carboxylic acids is 1. The van der Waals surface area contributed by atoms with Crippen LogP contribution in [0.15, 0.2) is 30.3 Å². The summed E-state index contributed by atoms with van der Waals surface area (Å²) in [5.41, 5.74) is 1.20. The second kappa shape index (κ2) is 11.1. The number of carbonyl (C=O) groups is 3. The third-order valence-electron chi connectivity index (χ3n) is 5.11. The molecule has 1 aliphatic rings. The zero-order chi connectivity index (χ0) is 24.8. The van der Waals surface area contributed by atoms with Crippen LogP contribution in [0.4, 0.5) is 5.69 Å². The van der Waals surface area contributed by atoms with E-state index < -0.39 is 36.8 Å². The average Bonchev–Trinajstić information content (AvgIpc) is 3.26. The molecule has 0 radical (unpaired) electrons. The second-order valence-electron chi connectivity index (χ2n) is 7.82. The fourth-order valence-corrected chi connectivity index (χ4v) is 3.83. The maximum atomic E-state index is 12.6. The van der Waals surface area contributed by atoms with Gasteiger partial charge in [-0.3, -0.25) is 25.0 Å². The van der Waals surface area contributed by atoms with Gasteiger partial charge in [-0.05, 0) is 36.8 Å². The van der Waals surface area contributed by atoms with Gasteiger partial charge in [-0.15, -0.1) is 0 Å². The van der Waals surface area contributed by atoms with E-state index in [2.05, 4.69) is 26.6 Å². The van der Waals surface area contributed by atoms with Crippen molar-refractivity contribution in [2.24, 2.45) is 0 Å². The van der Waals surface area contributed by atoms with Crippen LogP contribution in [0, 0.1) is 6.92 Å². The smallest absolute Gasteiger partial charge is 0.305 e. The summed E-state index contributed by atoms with van der Waals surface area (Å²) in [5.74, 6) is -2.79. The van der Waals surface area contributed by atoms with Crippen molar-refractivity contribution in [3.8, 4) is 11.5 Å². The Morgan fingerprint density at radius 3 is 2.50 bits per heavy atom. The summed E-state index contributed by atoms with van der Waals surface area (Å²) in [4.78, 5) is 36.3.